The van der Waals surface area contributed by atoms with Crippen molar-refractivity contribution in [2.75, 3.05) is 0 Å². The van der Waals surface area contributed by atoms with Crippen LogP contribution in [0.5, 0.6) is 0 Å². The molecule has 0 bridgehead atoms. The monoisotopic (exact) mass is 214 g/mol. The molecular weight excluding hydrogens is 188 g/mol. The van der Waals surface area contributed by atoms with Gasteiger partial charge in [-0.05, 0) is 41.0 Å². The van der Waals surface area contributed by atoms with E-state index in [0.29, 0.717) is 5.92 Å². The smallest absolute Gasteiger partial charge is 0.168 e. The maximum absolute atomic E-state index is 5.89. The molecule has 2 nitrogen and oxygen atoms in total. The first-order valence-electron chi connectivity index (χ1n) is 5.78. The first kappa shape index (κ1) is 14.7. The highest BCUT2D eigenvalue weighted by Gasteiger charge is 2.34. The molecule has 0 fully saturated rings. The Bertz CT molecular complexity index is 175. The molecule has 0 heterocycles. The number of ether oxygens (including phenoxy) is 2. The van der Waals surface area contributed by atoms with Gasteiger partial charge < -0.3 is 9.47 Å². The molecule has 90 valence electrons. The van der Waals surface area contributed by atoms with Gasteiger partial charge in [0, 0.05) is 5.92 Å². The zero-order valence-corrected chi connectivity index (χ0v) is 11.0. The SMILES string of the molecule is C=CCC(C)C(C)(OC(C)C)OC(C)C. The van der Waals surface area contributed by atoms with E-state index in [4.69, 9.17) is 9.47 Å². The zero-order chi connectivity index (χ0) is 12.1. The average molecular weight is 214 g/mol. The van der Waals surface area contributed by atoms with Crippen molar-refractivity contribution >= 4 is 0 Å². The van der Waals surface area contributed by atoms with Crippen molar-refractivity contribution < 1.29 is 9.47 Å². The summed E-state index contributed by atoms with van der Waals surface area (Å²) in [5.41, 5.74) is 0. The predicted octanol–water partition coefficient (Wildman–Crippen LogP) is 3.76. The summed E-state index contributed by atoms with van der Waals surface area (Å²) in [5.74, 6) is -0.212. The Labute approximate surface area is 94.7 Å². The van der Waals surface area contributed by atoms with Crippen LogP contribution in [-0.4, -0.2) is 18.0 Å². The molecule has 0 saturated heterocycles. The van der Waals surface area contributed by atoms with Gasteiger partial charge in [0.1, 0.15) is 0 Å². The highest BCUT2D eigenvalue weighted by Crippen LogP contribution is 2.29. The molecule has 0 aromatic carbocycles. The highest BCUT2D eigenvalue weighted by molar-refractivity contribution is 4.80. The molecule has 2 heteroatoms. The Morgan fingerprint density at radius 2 is 1.47 bits per heavy atom. The Morgan fingerprint density at radius 3 is 1.73 bits per heavy atom. The van der Waals surface area contributed by atoms with E-state index in [1.807, 2.05) is 40.7 Å². The molecule has 0 saturated carbocycles. The third-order valence-electron chi connectivity index (χ3n) is 2.35. The summed E-state index contributed by atoms with van der Waals surface area (Å²) in [6.45, 7) is 16.0. The predicted molar refractivity (Wildman–Crippen MR) is 64.8 cm³/mol. The molecule has 0 N–H and O–H groups in total. The fourth-order valence-electron chi connectivity index (χ4n) is 1.66. The van der Waals surface area contributed by atoms with Crippen LogP contribution in [0.15, 0.2) is 12.7 Å². The minimum absolute atomic E-state index is 0.168. The van der Waals surface area contributed by atoms with Gasteiger partial charge in [0.25, 0.3) is 0 Å². The van der Waals surface area contributed by atoms with Crippen molar-refractivity contribution in [3.05, 3.63) is 12.7 Å². The second kappa shape index (κ2) is 6.29. The molecule has 0 spiro atoms. The van der Waals surface area contributed by atoms with Gasteiger partial charge in [-0.3, -0.25) is 0 Å². The maximum atomic E-state index is 5.89. The Balaban J connectivity index is 4.58. The average Bonchev–Trinajstić information content (AvgIpc) is 2.01. The van der Waals surface area contributed by atoms with E-state index < -0.39 is 5.79 Å². The van der Waals surface area contributed by atoms with Gasteiger partial charge in [-0.25, -0.2) is 0 Å². The lowest BCUT2D eigenvalue weighted by Crippen LogP contribution is -2.43. The molecule has 0 aromatic heterocycles. The van der Waals surface area contributed by atoms with Gasteiger partial charge in [-0.2, -0.15) is 0 Å². The molecule has 1 unspecified atom stereocenters. The minimum atomic E-state index is -0.517. The van der Waals surface area contributed by atoms with Crippen LogP contribution < -0.4 is 0 Å². The number of rotatable bonds is 7. The second-order valence-electron chi connectivity index (χ2n) is 4.77. The van der Waals surface area contributed by atoms with Crippen LogP contribution in [0.4, 0.5) is 0 Å². The molecule has 0 aliphatic heterocycles. The summed E-state index contributed by atoms with van der Waals surface area (Å²) < 4.78 is 11.8. The van der Waals surface area contributed by atoms with E-state index in [1.165, 1.54) is 0 Å². The number of hydrogen-bond acceptors (Lipinski definition) is 2. The lowest BCUT2D eigenvalue weighted by Gasteiger charge is -2.38. The summed E-state index contributed by atoms with van der Waals surface area (Å²) in [5, 5.41) is 0. The quantitative estimate of drug-likeness (QED) is 0.474. The number of allylic oxidation sites excluding steroid dienone is 1. The van der Waals surface area contributed by atoms with Crippen LogP contribution in [-0.2, 0) is 9.47 Å². The first-order chi connectivity index (χ1) is 6.81. The van der Waals surface area contributed by atoms with E-state index in [-0.39, 0.29) is 12.2 Å². The van der Waals surface area contributed by atoms with Crippen LogP contribution in [0.2, 0.25) is 0 Å². The fraction of sp³-hybridized carbons (Fsp3) is 0.846. The normalized spacial score (nSPS) is 14.7. The van der Waals surface area contributed by atoms with Crippen LogP contribution in [0.3, 0.4) is 0 Å². The largest absolute Gasteiger partial charge is 0.347 e. The zero-order valence-electron chi connectivity index (χ0n) is 11.0. The van der Waals surface area contributed by atoms with Crippen LogP contribution in [0, 0.1) is 5.92 Å². The lowest BCUT2D eigenvalue weighted by atomic mass is 9.98. The van der Waals surface area contributed by atoms with E-state index in [2.05, 4.69) is 13.5 Å². The third kappa shape index (κ3) is 5.33. The molecule has 0 rings (SSSR count). The summed E-state index contributed by atoms with van der Waals surface area (Å²) in [6, 6.07) is 0. The van der Waals surface area contributed by atoms with E-state index >= 15 is 0 Å². The fourth-order valence-corrected chi connectivity index (χ4v) is 1.66. The van der Waals surface area contributed by atoms with Gasteiger partial charge in [0.05, 0.1) is 12.2 Å². The Kier molecular flexibility index (Phi) is 6.15. The van der Waals surface area contributed by atoms with Crippen molar-refractivity contribution in [3.63, 3.8) is 0 Å². The first-order valence-corrected chi connectivity index (χ1v) is 5.78. The maximum Gasteiger partial charge on any atom is 0.168 e. The minimum Gasteiger partial charge on any atom is -0.347 e. The van der Waals surface area contributed by atoms with Crippen LogP contribution in [0.25, 0.3) is 0 Å². The Hall–Kier alpha value is -0.340. The third-order valence-corrected chi connectivity index (χ3v) is 2.35. The van der Waals surface area contributed by atoms with Crippen molar-refractivity contribution in [2.24, 2.45) is 5.92 Å². The second-order valence-corrected chi connectivity index (χ2v) is 4.77. The molecule has 0 amide bonds. The molecule has 0 aliphatic carbocycles. The molecule has 15 heavy (non-hydrogen) atoms. The van der Waals surface area contributed by atoms with E-state index in [0.717, 1.165) is 6.42 Å². The summed E-state index contributed by atoms with van der Waals surface area (Å²) in [4.78, 5) is 0. The molecular formula is C13H26O2. The molecule has 0 aromatic rings. The van der Waals surface area contributed by atoms with Crippen molar-refractivity contribution in [1.82, 2.24) is 0 Å². The summed E-state index contributed by atoms with van der Waals surface area (Å²) in [6.07, 6.45) is 3.15. The van der Waals surface area contributed by atoms with Gasteiger partial charge >= 0.3 is 0 Å². The van der Waals surface area contributed by atoms with Gasteiger partial charge in [0.2, 0.25) is 0 Å². The molecule has 1 atom stereocenters. The van der Waals surface area contributed by atoms with Crippen molar-refractivity contribution in [1.29, 1.82) is 0 Å². The van der Waals surface area contributed by atoms with Crippen molar-refractivity contribution in [3.8, 4) is 0 Å². The molecule has 0 aliphatic rings. The van der Waals surface area contributed by atoms with Gasteiger partial charge in [-0.1, -0.05) is 13.0 Å². The summed E-state index contributed by atoms with van der Waals surface area (Å²) >= 11 is 0. The topological polar surface area (TPSA) is 18.5 Å². The lowest BCUT2D eigenvalue weighted by molar-refractivity contribution is -0.281. The highest BCUT2D eigenvalue weighted by atomic mass is 16.7. The molecule has 0 radical (unpaired) electrons. The summed E-state index contributed by atoms with van der Waals surface area (Å²) in [7, 11) is 0. The van der Waals surface area contributed by atoms with Gasteiger partial charge in [-0.15, -0.1) is 6.58 Å². The number of hydrogen-bond donors (Lipinski definition) is 0. The van der Waals surface area contributed by atoms with Gasteiger partial charge in [0.15, 0.2) is 5.79 Å². The van der Waals surface area contributed by atoms with E-state index in [1.54, 1.807) is 0 Å². The van der Waals surface area contributed by atoms with Crippen molar-refractivity contribution in [2.45, 2.75) is 66.0 Å². The van der Waals surface area contributed by atoms with Crippen LogP contribution >= 0.6 is 0 Å². The van der Waals surface area contributed by atoms with Crippen LogP contribution in [0.1, 0.15) is 48.0 Å². The standard InChI is InChI=1S/C13H26O2/c1-8-9-12(6)13(7,14-10(2)3)15-11(4)5/h8,10-12H,1,9H2,2-7H3. The van der Waals surface area contributed by atoms with E-state index in [9.17, 15) is 0 Å². The Morgan fingerprint density at radius 1 is 1.07 bits per heavy atom.